The van der Waals surface area contributed by atoms with Gasteiger partial charge in [0.2, 0.25) is 5.91 Å². The van der Waals surface area contributed by atoms with Crippen LogP contribution in [-0.2, 0) is 11.3 Å². The van der Waals surface area contributed by atoms with E-state index in [1.807, 2.05) is 60.9 Å². The zero-order chi connectivity index (χ0) is 24.1. The van der Waals surface area contributed by atoms with Gasteiger partial charge in [-0.15, -0.1) is 16.8 Å². The molecule has 1 amide bonds. The molecule has 0 aliphatic heterocycles. The van der Waals surface area contributed by atoms with E-state index in [0.717, 1.165) is 15.8 Å². The van der Waals surface area contributed by atoms with Gasteiger partial charge in [-0.1, -0.05) is 53.4 Å². The first-order chi connectivity index (χ1) is 16.5. The van der Waals surface area contributed by atoms with Crippen LogP contribution in [0.5, 0.6) is 11.5 Å². The highest BCUT2D eigenvalue weighted by Crippen LogP contribution is 2.31. The minimum absolute atomic E-state index is 0.158. The number of aryl methyl sites for hydroxylation is 1. The molecular weight excluding hydrogens is 470 g/mol. The molecule has 0 bridgehead atoms. The first-order valence-corrected chi connectivity index (χ1v) is 12.4. The minimum atomic E-state index is -0.391. The second-order valence-corrected chi connectivity index (χ2v) is 9.40. The summed E-state index contributed by atoms with van der Waals surface area (Å²) in [6.07, 6.45) is 1.37. The first-order valence-electron chi connectivity index (χ1n) is 10.6. The van der Waals surface area contributed by atoms with Crippen molar-refractivity contribution in [2.75, 3.05) is 18.2 Å². The molecule has 2 aromatic heterocycles. The lowest BCUT2D eigenvalue weighted by atomic mass is 10.2. The van der Waals surface area contributed by atoms with Crippen LogP contribution in [0.3, 0.4) is 0 Å². The monoisotopic (exact) mass is 495 g/mol. The summed E-state index contributed by atoms with van der Waals surface area (Å²) in [7, 11) is 1.60. The van der Waals surface area contributed by atoms with Crippen molar-refractivity contribution < 1.29 is 14.3 Å². The number of amides is 1. The molecular formula is C24H25N5O3S2. The average Bonchev–Trinajstić information content (AvgIpc) is 3.43. The highest BCUT2D eigenvalue weighted by atomic mass is 32.2. The van der Waals surface area contributed by atoms with Crippen LogP contribution in [0.2, 0.25) is 0 Å². The molecule has 10 heteroatoms. The number of benzene rings is 2. The number of anilines is 1. The number of thioether (sulfide) groups is 1. The summed E-state index contributed by atoms with van der Waals surface area (Å²) in [6.45, 7) is 8.23. The van der Waals surface area contributed by atoms with Gasteiger partial charge in [0, 0.05) is 6.54 Å². The largest absolute Gasteiger partial charge is 0.493 e. The van der Waals surface area contributed by atoms with Crippen molar-refractivity contribution in [1.29, 1.82) is 0 Å². The zero-order valence-corrected chi connectivity index (χ0v) is 20.8. The van der Waals surface area contributed by atoms with Crippen LogP contribution < -0.4 is 14.8 Å². The summed E-state index contributed by atoms with van der Waals surface area (Å²) < 4.78 is 14.4. The number of aromatic nitrogens is 4. The topological polar surface area (TPSA) is 91.2 Å². The quantitative estimate of drug-likeness (QED) is 0.237. The van der Waals surface area contributed by atoms with E-state index in [9.17, 15) is 4.79 Å². The standard InChI is InChI=1S/C24H25N5O3S2/c1-5-13-29-22(16(3)32-18-11-7-6-10-17(18)31-4)27-28-24(29)33-14-20(30)25-23-26-21-15(2)9-8-12-19(21)34-23/h5-12,16H,1,13-14H2,2-4H3,(H,25,26,30). The summed E-state index contributed by atoms with van der Waals surface area (Å²) >= 11 is 2.76. The maximum Gasteiger partial charge on any atom is 0.236 e. The van der Waals surface area contributed by atoms with E-state index in [4.69, 9.17) is 9.47 Å². The normalized spacial score (nSPS) is 11.9. The van der Waals surface area contributed by atoms with Gasteiger partial charge in [0.15, 0.2) is 33.7 Å². The third-order valence-corrected chi connectivity index (χ3v) is 6.90. The van der Waals surface area contributed by atoms with E-state index in [-0.39, 0.29) is 11.7 Å². The fraction of sp³-hybridized carbons (Fsp3) is 0.250. The summed E-state index contributed by atoms with van der Waals surface area (Å²) in [5.41, 5.74) is 1.99. The predicted octanol–water partition coefficient (Wildman–Crippen LogP) is 5.26. The molecule has 2 heterocycles. The van der Waals surface area contributed by atoms with Gasteiger partial charge >= 0.3 is 0 Å². The smallest absolute Gasteiger partial charge is 0.236 e. The Hall–Kier alpha value is -3.37. The Balaban J connectivity index is 1.44. The van der Waals surface area contributed by atoms with E-state index in [0.29, 0.717) is 34.2 Å². The molecule has 0 aliphatic rings. The van der Waals surface area contributed by atoms with E-state index >= 15 is 0 Å². The molecule has 0 spiro atoms. The van der Waals surface area contributed by atoms with Gasteiger partial charge in [-0.05, 0) is 37.6 Å². The lowest BCUT2D eigenvalue weighted by molar-refractivity contribution is -0.113. The summed E-state index contributed by atoms with van der Waals surface area (Å²) in [4.78, 5) is 17.1. The van der Waals surface area contributed by atoms with Gasteiger partial charge in [-0.3, -0.25) is 9.36 Å². The SMILES string of the molecule is C=CCn1c(SCC(=O)Nc2nc3c(C)cccc3s2)nnc1C(C)Oc1ccccc1OC. The van der Waals surface area contributed by atoms with E-state index < -0.39 is 6.10 Å². The predicted molar refractivity (Wildman–Crippen MR) is 136 cm³/mol. The van der Waals surface area contributed by atoms with Crippen molar-refractivity contribution in [3.63, 3.8) is 0 Å². The van der Waals surface area contributed by atoms with Crippen molar-refractivity contribution in [2.24, 2.45) is 0 Å². The van der Waals surface area contributed by atoms with Crippen LogP contribution >= 0.6 is 23.1 Å². The fourth-order valence-electron chi connectivity index (χ4n) is 3.39. The number of methoxy groups -OCH3 is 1. The Labute approximate surface area is 206 Å². The Morgan fingerprint density at radius 1 is 1.24 bits per heavy atom. The number of thiazole rings is 1. The van der Waals surface area contributed by atoms with Crippen molar-refractivity contribution in [1.82, 2.24) is 19.7 Å². The molecule has 8 nitrogen and oxygen atoms in total. The number of carbonyl (C=O) groups excluding carboxylic acids is 1. The van der Waals surface area contributed by atoms with Crippen molar-refractivity contribution in [2.45, 2.75) is 31.7 Å². The number of ether oxygens (including phenoxy) is 2. The van der Waals surface area contributed by atoms with Gasteiger partial charge in [0.05, 0.1) is 23.1 Å². The molecule has 4 aromatic rings. The molecule has 2 aromatic carbocycles. The number of nitrogens with one attached hydrogen (secondary N) is 1. The Bertz CT molecular complexity index is 1320. The molecule has 0 aliphatic carbocycles. The molecule has 0 fully saturated rings. The summed E-state index contributed by atoms with van der Waals surface area (Å²) in [5.74, 6) is 1.90. The number of para-hydroxylation sites is 3. The molecule has 1 atom stereocenters. The Morgan fingerprint density at radius 3 is 2.76 bits per heavy atom. The van der Waals surface area contributed by atoms with Crippen LogP contribution in [-0.4, -0.2) is 38.5 Å². The van der Waals surface area contributed by atoms with Crippen LogP contribution in [0.25, 0.3) is 10.2 Å². The highest BCUT2D eigenvalue weighted by Gasteiger charge is 2.21. The number of hydrogen-bond acceptors (Lipinski definition) is 8. The van der Waals surface area contributed by atoms with Crippen LogP contribution in [0.15, 0.2) is 60.3 Å². The number of hydrogen-bond donors (Lipinski definition) is 1. The highest BCUT2D eigenvalue weighted by molar-refractivity contribution is 7.99. The Morgan fingerprint density at radius 2 is 2.03 bits per heavy atom. The Kier molecular flexibility index (Phi) is 7.49. The average molecular weight is 496 g/mol. The molecule has 0 radical (unpaired) electrons. The molecule has 0 saturated carbocycles. The lowest BCUT2D eigenvalue weighted by Crippen LogP contribution is -2.15. The van der Waals surface area contributed by atoms with E-state index in [1.54, 1.807) is 13.2 Å². The van der Waals surface area contributed by atoms with Gasteiger partial charge in [-0.2, -0.15) is 0 Å². The number of rotatable bonds is 10. The van der Waals surface area contributed by atoms with Crippen LogP contribution in [0.4, 0.5) is 5.13 Å². The molecule has 1 N–H and O–H groups in total. The number of fused-ring (bicyclic) bond motifs is 1. The molecule has 0 saturated heterocycles. The number of carbonyl (C=O) groups is 1. The summed E-state index contributed by atoms with van der Waals surface area (Å²) in [5, 5.41) is 12.7. The van der Waals surface area contributed by atoms with E-state index in [1.165, 1.54) is 23.1 Å². The maximum absolute atomic E-state index is 12.6. The van der Waals surface area contributed by atoms with Crippen molar-refractivity contribution >= 4 is 44.4 Å². The van der Waals surface area contributed by atoms with Gasteiger partial charge < -0.3 is 14.8 Å². The third-order valence-electron chi connectivity index (χ3n) is 4.99. The molecule has 1 unspecified atom stereocenters. The second-order valence-electron chi connectivity index (χ2n) is 7.43. The van der Waals surface area contributed by atoms with Crippen LogP contribution in [0, 0.1) is 6.92 Å². The number of allylic oxidation sites excluding steroid dienone is 1. The third kappa shape index (κ3) is 5.23. The first kappa shape index (κ1) is 23.8. The van der Waals surface area contributed by atoms with Gasteiger partial charge in [-0.25, -0.2) is 4.98 Å². The fourth-order valence-corrected chi connectivity index (χ4v) is 5.11. The lowest BCUT2D eigenvalue weighted by Gasteiger charge is -2.17. The maximum atomic E-state index is 12.6. The zero-order valence-electron chi connectivity index (χ0n) is 19.1. The van der Waals surface area contributed by atoms with Gasteiger partial charge in [0.1, 0.15) is 0 Å². The molecule has 4 rings (SSSR count). The summed E-state index contributed by atoms with van der Waals surface area (Å²) in [6, 6.07) is 13.4. The minimum Gasteiger partial charge on any atom is -0.493 e. The number of nitrogens with zero attached hydrogens (tertiary/aromatic N) is 4. The van der Waals surface area contributed by atoms with Crippen molar-refractivity contribution in [3.8, 4) is 11.5 Å². The van der Waals surface area contributed by atoms with Crippen molar-refractivity contribution in [3.05, 3.63) is 66.5 Å². The van der Waals surface area contributed by atoms with Gasteiger partial charge in [0.25, 0.3) is 0 Å². The second kappa shape index (κ2) is 10.7. The van der Waals surface area contributed by atoms with Crippen LogP contribution in [0.1, 0.15) is 24.4 Å². The molecule has 176 valence electrons. The molecule has 34 heavy (non-hydrogen) atoms. The van der Waals surface area contributed by atoms with E-state index in [2.05, 4.69) is 27.1 Å².